The van der Waals surface area contributed by atoms with Gasteiger partial charge in [-0.15, -0.1) is 0 Å². The molecule has 0 saturated carbocycles. The van der Waals surface area contributed by atoms with Gasteiger partial charge in [0.05, 0.1) is 12.5 Å². The molecule has 1 rings (SSSR count). The van der Waals surface area contributed by atoms with E-state index in [0.29, 0.717) is 12.5 Å². The molecule has 0 fully saturated rings. The Kier molecular flexibility index (Phi) is 5.34. The summed E-state index contributed by atoms with van der Waals surface area (Å²) in [5, 5.41) is 9.53. The molecule has 0 heterocycles. The SMILES string of the molecule is CC(C)N(CCC#N)c1ccccc1CBr. The zero-order valence-electron chi connectivity index (χ0n) is 9.78. The van der Waals surface area contributed by atoms with E-state index in [0.717, 1.165) is 11.9 Å². The molecule has 0 N–H and O–H groups in total. The highest BCUT2D eigenvalue weighted by Gasteiger charge is 2.12. The first-order valence-electron chi connectivity index (χ1n) is 5.48. The van der Waals surface area contributed by atoms with Crippen LogP contribution in [0.15, 0.2) is 24.3 Å². The largest absolute Gasteiger partial charge is 0.368 e. The van der Waals surface area contributed by atoms with Gasteiger partial charge in [-0.1, -0.05) is 34.1 Å². The maximum absolute atomic E-state index is 8.68. The van der Waals surface area contributed by atoms with Crippen molar-refractivity contribution in [3.8, 4) is 6.07 Å². The van der Waals surface area contributed by atoms with E-state index in [-0.39, 0.29) is 0 Å². The van der Waals surface area contributed by atoms with Crippen LogP contribution < -0.4 is 4.90 Å². The third-order valence-electron chi connectivity index (χ3n) is 2.53. The molecular formula is C13H17BrN2. The molecule has 1 aromatic rings. The summed E-state index contributed by atoms with van der Waals surface area (Å²) in [5.41, 5.74) is 2.50. The van der Waals surface area contributed by atoms with E-state index >= 15 is 0 Å². The molecule has 0 spiro atoms. The monoisotopic (exact) mass is 280 g/mol. The minimum absolute atomic E-state index is 0.411. The van der Waals surface area contributed by atoms with Gasteiger partial charge in [0.15, 0.2) is 0 Å². The Morgan fingerprint density at radius 1 is 1.38 bits per heavy atom. The van der Waals surface area contributed by atoms with E-state index in [1.807, 2.05) is 12.1 Å². The zero-order valence-corrected chi connectivity index (χ0v) is 11.4. The van der Waals surface area contributed by atoms with Crippen molar-refractivity contribution in [2.75, 3.05) is 11.4 Å². The standard InChI is InChI=1S/C13H17BrN2/c1-11(2)16(9-5-8-15)13-7-4-3-6-12(13)10-14/h3-4,6-7,11H,5,9-10H2,1-2H3. The number of alkyl halides is 1. The number of hydrogen-bond donors (Lipinski definition) is 0. The molecule has 0 atom stereocenters. The van der Waals surface area contributed by atoms with Crippen molar-refractivity contribution in [2.24, 2.45) is 0 Å². The summed E-state index contributed by atoms with van der Waals surface area (Å²) in [5.74, 6) is 0. The van der Waals surface area contributed by atoms with Crippen LogP contribution in [-0.4, -0.2) is 12.6 Å². The van der Waals surface area contributed by atoms with Crippen molar-refractivity contribution in [3.05, 3.63) is 29.8 Å². The fourth-order valence-electron chi connectivity index (χ4n) is 1.73. The highest BCUT2D eigenvalue weighted by atomic mass is 79.9. The molecule has 0 radical (unpaired) electrons. The molecule has 2 nitrogen and oxygen atoms in total. The zero-order chi connectivity index (χ0) is 12.0. The van der Waals surface area contributed by atoms with Crippen LogP contribution in [-0.2, 0) is 5.33 Å². The molecule has 86 valence electrons. The lowest BCUT2D eigenvalue weighted by molar-refractivity contribution is 0.684. The number of para-hydroxylation sites is 1. The third kappa shape index (κ3) is 3.24. The smallest absolute Gasteiger partial charge is 0.0640 e. The van der Waals surface area contributed by atoms with Gasteiger partial charge in [0.1, 0.15) is 0 Å². The Bertz CT molecular complexity index is 368. The second kappa shape index (κ2) is 6.55. The van der Waals surface area contributed by atoms with Crippen LogP contribution in [0, 0.1) is 11.3 Å². The molecule has 0 aliphatic rings. The number of hydrogen-bond acceptors (Lipinski definition) is 2. The molecule has 0 bridgehead atoms. The van der Waals surface area contributed by atoms with Crippen molar-refractivity contribution in [3.63, 3.8) is 0 Å². The highest BCUT2D eigenvalue weighted by molar-refractivity contribution is 9.08. The molecule has 0 aromatic heterocycles. The van der Waals surface area contributed by atoms with Gasteiger partial charge < -0.3 is 4.90 Å². The Hall–Kier alpha value is -1.01. The molecular weight excluding hydrogens is 264 g/mol. The normalized spacial score (nSPS) is 10.2. The second-order valence-electron chi connectivity index (χ2n) is 3.96. The van der Waals surface area contributed by atoms with E-state index in [1.54, 1.807) is 0 Å². The topological polar surface area (TPSA) is 27.0 Å². The van der Waals surface area contributed by atoms with Crippen LogP contribution in [0.2, 0.25) is 0 Å². The van der Waals surface area contributed by atoms with E-state index < -0.39 is 0 Å². The van der Waals surface area contributed by atoms with Crippen LogP contribution >= 0.6 is 15.9 Å². The number of halogens is 1. The first kappa shape index (κ1) is 13.1. The molecule has 3 heteroatoms. The summed E-state index contributed by atoms with van der Waals surface area (Å²) < 4.78 is 0. The molecule has 0 unspecified atom stereocenters. The van der Waals surface area contributed by atoms with Gasteiger partial charge in [-0.25, -0.2) is 0 Å². The number of benzene rings is 1. The van der Waals surface area contributed by atoms with Crippen LogP contribution in [0.3, 0.4) is 0 Å². The van der Waals surface area contributed by atoms with E-state index in [1.165, 1.54) is 11.3 Å². The predicted octanol–water partition coefficient (Wildman–Crippen LogP) is 3.71. The van der Waals surface area contributed by atoms with Crippen LogP contribution in [0.5, 0.6) is 0 Å². The van der Waals surface area contributed by atoms with Crippen molar-refractivity contribution in [1.82, 2.24) is 0 Å². The van der Waals surface area contributed by atoms with Crippen LogP contribution in [0.25, 0.3) is 0 Å². The van der Waals surface area contributed by atoms with Gasteiger partial charge in [0.25, 0.3) is 0 Å². The van der Waals surface area contributed by atoms with Crippen molar-refractivity contribution in [1.29, 1.82) is 5.26 Å². The summed E-state index contributed by atoms with van der Waals surface area (Å²) in [6.45, 7) is 5.10. The summed E-state index contributed by atoms with van der Waals surface area (Å²) in [4.78, 5) is 2.28. The molecule has 0 amide bonds. The van der Waals surface area contributed by atoms with Crippen LogP contribution in [0.4, 0.5) is 5.69 Å². The average Bonchev–Trinajstić information content (AvgIpc) is 2.29. The first-order chi connectivity index (χ1) is 7.70. The van der Waals surface area contributed by atoms with E-state index in [4.69, 9.17) is 5.26 Å². The molecule has 16 heavy (non-hydrogen) atoms. The summed E-state index contributed by atoms with van der Waals surface area (Å²) in [6.07, 6.45) is 0.564. The van der Waals surface area contributed by atoms with Crippen molar-refractivity contribution < 1.29 is 0 Å². The fourth-order valence-corrected chi connectivity index (χ4v) is 2.21. The lowest BCUT2D eigenvalue weighted by atomic mass is 10.1. The highest BCUT2D eigenvalue weighted by Crippen LogP contribution is 2.24. The Labute approximate surface area is 106 Å². The minimum atomic E-state index is 0.411. The van der Waals surface area contributed by atoms with Crippen molar-refractivity contribution >= 4 is 21.6 Å². The van der Waals surface area contributed by atoms with Gasteiger partial charge in [0.2, 0.25) is 0 Å². The molecule has 0 aliphatic heterocycles. The lowest BCUT2D eigenvalue weighted by Crippen LogP contribution is -2.32. The molecule has 1 aromatic carbocycles. The fraction of sp³-hybridized carbons (Fsp3) is 0.462. The first-order valence-corrected chi connectivity index (χ1v) is 6.60. The number of nitrogens with zero attached hydrogens (tertiary/aromatic N) is 2. The Morgan fingerprint density at radius 2 is 2.06 bits per heavy atom. The number of nitriles is 1. The van der Waals surface area contributed by atoms with Gasteiger partial charge in [-0.3, -0.25) is 0 Å². The number of anilines is 1. The average molecular weight is 281 g/mol. The van der Waals surface area contributed by atoms with E-state index in [2.05, 4.69) is 52.9 Å². The van der Waals surface area contributed by atoms with Gasteiger partial charge in [0, 0.05) is 23.6 Å². The number of rotatable bonds is 5. The molecule has 0 aliphatic carbocycles. The maximum atomic E-state index is 8.68. The van der Waals surface area contributed by atoms with E-state index in [9.17, 15) is 0 Å². The Balaban J connectivity index is 2.96. The van der Waals surface area contributed by atoms with Crippen LogP contribution in [0.1, 0.15) is 25.8 Å². The maximum Gasteiger partial charge on any atom is 0.0640 e. The summed E-state index contributed by atoms with van der Waals surface area (Å²) in [6, 6.07) is 10.9. The second-order valence-corrected chi connectivity index (χ2v) is 4.52. The minimum Gasteiger partial charge on any atom is -0.368 e. The van der Waals surface area contributed by atoms with Gasteiger partial charge in [-0.05, 0) is 25.5 Å². The van der Waals surface area contributed by atoms with Gasteiger partial charge in [-0.2, -0.15) is 5.26 Å². The quantitative estimate of drug-likeness (QED) is 0.769. The lowest BCUT2D eigenvalue weighted by Gasteiger charge is -2.30. The summed E-state index contributed by atoms with van der Waals surface area (Å²) in [7, 11) is 0. The predicted molar refractivity (Wildman–Crippen MR) is 71.8 cm³/mol. The molecule has 0 saturated heterocycles. The summed E-state index contributed by atoms with van der Waals surface area (Å²) >= 11 is 3.50. The third-order valence-corrected chi connectivity index (χ3v) is 3.14. The van der Waals surface area contributed by atoms with Gasteiger partial charge >= 0.3 is 0 Å². The van der Waals surface area contributed by atoms with Crippen molar-refractivity contribution in [2.45, 2.75) is 31.6 Å². The Morgan fingerprint density at radius 3 is 2.62 bits per heavy atom.